The summed E-state index contributed by atoms with van der Waals surface area (Å²) in [5, 5.41) is 0. The molecule has 78 valence electrons. The average Bonchev–Trinajstić information content (AvgIpc) is 1.97. The third-order valence-corrected chi connectivity index (χ3v) is 6.24. The Morgan fingerprint density at radius 1 is 0.923 bits per heavy atom. The van der Waals surface area contributed by atoms with Crippen molar-refractivity contribution in [1.82, 2.24) is 14.0 Å². The van der Waals surface area contributed by atoms with Crippen molar-refractivity contribution in [3.63, 3.8) is 0 Å². The van der Waals surface area contributed by atoms with Crippen molar-refractivity contribution in [2.75, 3.05) is 42.3 Å². The standard InChI is InChI=1S/C6H18N4OP2/c1-8(2)13(7-12-11,9(3)4)10(5)6/h1-6H3. The van der Waals surface area contributed by atoms with Gasteiger partial charge in [-0.05, 0) is 42.3 Å². The highest BCUT2D eigenvalue weighted by atomic mass is 31.2. The first kappa shape index (κ1) is 13.2. The molecule has 0 aromatic heterocycles. The molecule has 0 aliphatic rings. The zero-order chi connectivity index (χ0) is 10.6. The minimum absolute atomic E-state index is 0.160. The molecule has 0 amide bonds. The quantitative estimate of drug-likeness (QED) is 0.683. The second kappa shape index (κ2) is 5.18. The fourth-order valence-corrected chi connectivity index (χ4v) is 5.82. The van der Waals surface area contributed by atoms with Crippen molar-refractivity contribution in [2.24, 2.45) is 4.52 Å². The molecule has 5 nitrogen and oxygen atoms in total. The zero-order valence-electron chi connectivity index (χ0n) is 9.09. The average molecular weight is 224 g/mol. The summed E-state index contributed by atoms with van der Waals surface area (Å²) in [6, 6.07) is 0. The van der Waals surface area contributed by atoms with Crippen LogP contribution in [0.15, 0.2) is 4.52 Å². The molecule has 0 spiro atoms. The second-order valence-electron chi connectivity index (χ2n) is 3.25. The topological polar surface area (TPSA) is 39.2 Å². The van der Waals surface area contributed by atoms with Gasteiger partial charge in [-0.2, -0.15) is 4.52 Å². The molecule has 0 aliphatic carbocycles. The van der Waals surface area contributed by atoms with E-state index >= 15 is 0 Å². The van der Waals surface area contributed by atoms with Crippen molar-refractivity contribution in [1.29, 1.82) is 0 Å². The predicted octanol–water partition coefficient (Wildman–Crippen LogP) is 1.82. The molecule has 0 aromatic rings. The van der Waals surface area contributed by atoms with Gasteiger partial charge in [0.05, 0.1) is 0 Å². The van der Waals surface area contributed by atoms with Crippen molar-refractivity contribution in [3.8, 4) is 0 Å². The van der Waals surface area contributed by atoms with Crippen LogP contribution in [0.2, 0.25) is 0 Å². The van der Waals surface area contributed by atoms with E-state index in [4.69, 9.17) is 0 Å². The van der Waals surface area contributed by atoms with E-state index in [1.54, 1.807) is 0 Å². The summed E-state index contributed by atoms with van der Waals surface area (Å²) in [6.07, 6.45) is 0. The summed E-state index contributed by atoms with van der Waals surface area (Å²) in [5.41, 5.74) is 0. The van der Waals surface area contributed by atoms with Crippen LogP contribution >= 0.6 is 16.1 Å². The molecule has 0 bridgehead atoms. The summed E-state index contributed by atoms with van der Waals surface area (Å²) in [4.78, 5) is 0. The van der Waals surface area contributed by atoms with E-state index in [1.165, 1.54) is 0 Å². The summed E-state index contributed by atoms with van der Waals surface area (Å²) in [5.74, 6) is 0. The molecule has 0 unspecified atom stereocenters. The first-order valence-electron chi connectivity index (χ1n) is 3.87. The number of rotatable bonds is 4. The molecular formula is C6H18N4OP2. The van der Waals surface area contributed by atoms with Gasteiger partial charge >= 0.3 is 8.61 Å². The van der Waals surface area contributed by atoms with Crippen LogP contribution in [0.4, 0.5) is 0 Å². The summed E-state index contributed by atoms with van der Waals surface area (Å²) in [7, 11) is 9.61. The van der Waals surface area contributed by atoms with Crippen LogP contribution in [0.3, 0.4) is 0 Å². The van der Waals surface area contributed by atoms with Crippen LogP contribution in [-0.4, -0.2) is 56.3 Å². The van der Waals surface area contributed by atoms with Crippen molar-refractivity contribution >= 4 is 16.1 Å². The fourth-order valence-electron chi connectivity index (χ4n) is 1.36. The minimum atomic E-state index is -1.91. The Balaban J connectivity index is 5.32. The van der Waals surface area contributed by atoms with E-state index < -0.39 is 7.51 Å². The molecule has 0 fully saturated rings. The lowest BCUT2D eigenvalue weighted by Crippen LogP contribution is -2.30. The molecule has 0 rings (SSSR count). The normalized spacial score (nSPS) is 13.3. The van der Waals surface area contributed by atoms with E-state index in [-0.39, 0.29) is 8.61 Å². The lowest BCUT2D eigenvalue weighted by atomic mass is 11.2. The van der Waals surface area contributed by atoms with Gasteiger partial charge in [0.15, 0.2) is 7.51 Å². The maximum atomic E-state index is 10.6. The van der Waals surface area contributed by atoms with Gasteiger partial charge in [0, 0.05) is 0 Å². The van der Waals surface area contributed by atoms with Crippen LogP contribution in [0, 0.1) is 0 Å². The Morgan fingerprint density at radius 3 is 1.31 bits per heavy atom. The van der Waals surface area contributed by atoms with Gasteiger partial charge in [-0.25, -0.2) is 4.57 Å². The molecule has 7 heteroatoms. The Labute approximate surface area is 82.2 Å². The van der Waals surface area contributed by atoms with E-state index in [1.807, 2.05) is 56.3 Å². The van der Waals surface area contributed by atoms with E-state index in [2.05, 4.69) is 4.52 Å². The molecule has 0 saturated heterocycles. The Bertz CT molecular complexity index is 198. The molecule has 0 aromatic carbocycles. The van der Waals surface area contributed by atoms with E-state index in [9.17, 15) is 4.57 Å². The summed E-state index contributed by atoms with van der Waals surface area (Å²) >= 11 is 0. The zero-order valence-corrected chi connectivity index (χ0v) is 10.9. The molecule has 0 heterocycles. The molecule has 0 radical (unpaired) electrons. The predicted molar refractivity (Wildman–Crippen MR) is 58.0 cm³/mol. The molecule has 0 saturated carbocycles. The van der Waals surface area contributed by atoms with Gasteiger partial charge in [-0.1, -0.05) is 0 Å². The van der Waals surface area contributed by atoms with Gasteiger partial charge in [0.2, 0.25) is 0 Å². The van der Waals surface area contributed by atoms with Crippen LogP contribution < -0.4 is 0 Å². The molecule has 0 N–H and O–H groups in total. The lowest BCUT2D eigenvalue weighted by Gasteiger charge is -2.39. The monoisotopic (exact) mass is 224 g/mol. The van der Waals surface area contributed by atoms with Crippen molar-refractivity contribution in [2.45, 2.75) is 0 Å². The number of hydrogen-bond acceptors (Lipinski definition) is 1. The van der Waals surface area contributed by atoms with Crippen molar-refractivity contribution in [3.05, 3.63) is 0 Å². The highest BCUT2D eigenvalue weighted by Crippen LogP contribution is 2.56. The second-order valence-corrected chi connectivity index (χ2v) is 7.60. The Kier molecular flexibility index (Phi) is 5.26. The molecule has 0 atom stereocenters. The smallest absolute Gasteiger partial charge is 0.251 e. The molecule has 0 aliphatic heterocycles. The summed E-state index contributed by atoms with van der Waals surface area (Å²) < 4.78 is 20.8. The fraction of sp³-hybridized carbons (Fsp3) is 1.00. The van der Waals surface area contributed by atoms with Gasteiger partial charge in [0.1, 0.15) is 0 Å². The van der Waals surface area contributed by atoms with E-state index in [0.29, 0.717) is 0 Å². The van der Waals surface area contributed by atoms with Crippen LogP contribution in [0.25, 0.3) is 0 Å². The first-order valence-corrected chi connectivity index (χ1v) is 6.23. The highest BCUT2D eigenvalue weighted by Gasteiger charge is 2.28. The van der Waals surface area contributed by atoms with Crippen LogP contribution in [0.1, 0.15) is 0 Å². The summed E-state index contributed by atoms with van der Waals surface area (Å²) in [6.45, 7) is 0. The van der Waals surface area contributed by atoms with Crippen LogP contribution in [-0.2, 0) is 4.57 Å². The van der Waals surface area contributed by atoms with Gasteiger partial charge in [0.25, 0.3) is 0 Å². The highest BCUT2D eigenvalue weighted by molar-refractivity contribution is 7.62. The van der Waals surface area contributed by atoms with E-state index in [0.717, 1.165) is 0 Å². The van der Waals surface area contributed by atoms with Gasteiger partial charge in [-0.3, -0.25) is 14.0 Å². The Hall–Kier alpha value is 0.210. The number of hydrogen-bond donors (Lipinski definition) is 0. The SMILES string of the molecule is CN(C)P(=NP=O)(N(C)C)N(C)C. The van der Waals surface area contributed by atoms with Gasteiger partial charge < -0.3 is 0 Å². The Morgan fingerprint density at radius 2 is 1.23 bits per heavy atom. The maximum Gasteiger partial charge on any atom is 0.305 e. The molecular weight excluding hydrogens is 206 g/mol. The first-order chi connectivity index (χ1) is 5.89. The molecule has 13 heavy (non-hydrogen) atoms. The van der Waals surface area contributed by atoms with Crippen LogP contribution in [0.5, 0.6) is 0 Å². The van der Waals surface area contributed by atoms with Crippen molar-refractivity contribution < 1.29 is 4.57 Å². The third-order valence-electron chi connectivity index (χ3n) is 1.77. The largest absolute Gasteiger partial charge is 0.305 e. The third kappa shape index (κ3) is 2.58. The maximum absolute atomic E-state index is 10.6. The number of nitrogens with zero attached hydrogens (tertiary/aromatic N) is 4. The van der Waals surface area contributed by atoms with Gasteiger partial charge in [-0.15, -0.1) is 0 Å². The minimum Gasteiger partial charge on any atom is -0.251 e. The lowest BCUT2D eigenvalue weighted by molar-refractivity contribution is 0.475.